The zero-order valence-corrected chi connectivity index (χ0v) is 12.2. The lowest BCUT2D eigenvalue weighted by Crippen LogP contribution is -2.17. The van der Waals surface area contributed by atoms with Crippen molar-refractivity contribution < 1.29 is 4.74 Å². The molecule has 0 saturated heterocycles. The SMILES string of the molecule is CCOc1ccc2c(c1)nc(C(N)CC)n2C(C)C. The highest BCUT2D eigenvalue weighted by Crippen LogP contribution is 2.28. The maximum Gasteiger partial charge on any atom is 0.127 e. The second-order valence-corrected chi connectivity index (χ2v) is 5.03. The normalized spacial score (nSPS) is 13.2. The number of benzene rings is 1. The van der Waals surface area contributed by atoms with Gasteiger partial charge in [-0.3, -0.25) is 0 Å². The quantitative estimate of drug-likeness (QED) is 0.897. The summed E-state index contributed by atoms with van der Waals surface area (Å²) >= 11 is 0. The predicted molar refractivity (Wildman–Crippen MR) is 78.5 cm³/mol. The first kappa shape index (κ1) is 13.9. The number of ether oxygens (including phenoxy) is 1. The molecule has 0 aliphatic rings. The van der Waals surface area contributed by atoms with Crippen molar-refractivity contribution >= 4 is 11.0 Å². The molecule has 0 amide bonds. The Morgan fingerprint density at radius 1 is 1.32 bits per heavy atom. The van der Waals surface area contributed by atoms with Crippen LogP contribution >= 0.6 is 0 Å². The second kappa shape index (κ2) is 5.61. The zero-order chi connectivity index (χ0) is 14.0. The van der Waals surface area contributed by atoms with Gasteiger partial charge in [0.2, 0.25) is 0 Å². The van der Waals surface area contributed by atoms with Gasteiger partial charge in [0.25, 0.3) is 0 Å². The van der Waals surface area contributed by atoms with Crippen LogP contribution in [0.2, 0.25) is 0 Å². The third-order valence-corrected chi connectivity index (χ3v) is 3.29. The van der Waals surface area contributed by atoms with Crippen molar-refractivity contribution in [3.8, 4) is 5.75 Å². The summed E-state index contributed by atoms with van der Waals surface area (Å²) in [5.41, 5.74) is 8.26. The van der Waals surface area contributed by atoms with E-state index in [0.717, 1.165) is 29.0 Å². The molecule has 0 radical (unpaired) electrons. The van der Waals surface area contributed by atoms with E-state index in [9.17, 15) is 0 Å². The first-order chi connectivity index (χ1) is 9.08. The molecule has 2 rings (SSSR count). The molecule has 1 atom stereocenters. The molecule has 2 aromatic rings. The molecular formula is C15H23N3O. The Hall–Kier alpha value is -1.55. The Balaban J connectivity index is 2.59. The van der Waals surface area contributed by atoms with Gasteiger partial charge in [-0.2, -0.15) is 0 Å². The number of hydrogen-bond donors (Lipinski definition) is 1. The van der Waals surface area contributed by atoms with Gasteiger partial charge in [0.15, 0.2) is 0 Å². The van der Waals surface area contributed by atoms with E-state index in [-0.39, 0.29) is 6.04 Å². The summed E-state index contributed by atoms with van der Waals surface area (Å²) < 4.78 is 7.75. The minimum absolute atomic E-state index is 0.0228. The van der Waals surface area contributed by atoms with E-state index < -0.39 is 0 Å². The molecule has 0 aliphatic heterocycles. The Kier molecular flexibility index (Phi) is 4.10. The Morgan fingerprint density at radius 2 is 2.05 bits per heavy atom. The minimum atomic E-state index is -0.0228. The van der Waals surface area contributed by atoms with E-state index in [1.807, 2.05) is 19.1 Å². The van der Waals surface area contributed by atoms with Crippen LogP contribution in [0.5, 0.6) is 5.75 Å². The molecule has 1 heterocycles. The summed E-state index contributed by atoms with van der Waals surface area (Å²) in [6.45, 7) is 9.04. The highest BCUT2D eigenvalue weighted by Gasteiger charge is 2.18. The van der Waals surface area contributed by atoms with Crippen molar-refractivity contribution in [2.75, 3.05) is 6.61 Å². The summed E-state index contributed by atoms with van der Waals surface area (Å²) in [4.78, 5) is 4.71. The van der Waals surface area contributed by atoms with E-state index in [0.29, 0.717) is 12.6 Å². The average molecular weight is 261 g/mol. The number of fused-ring (bicyclic) bond motifs is 1. The fourth-order valence-corrected chi connectivity index (χ4v) is 2.34. The van der Waals surface area contributed by atoms with Gasteiger partial charge in [-0.1, -0.05) is 6.92 Å². The molecule has 1 aromatic heterocycles. The monoisotopic (exact) mass is 261 g/mol. The van der Waals surface area contributed by atoms with Gasteiger partial charge >= 0.3 is 0 Å². The van der Waals surface area contributed by atoms with Crippen LogP contribution in [-0.4, -0.2) is 16.2 Å². The van der Waals surface area contributed by atoms with Gasteiger partial charge < -0.3 is 15.0 Å². The van der Waals surface area contributed by atoms with Crippen LogP contribution in [0.4, 0.5) is 0 Å². The molecule has 0 spiro atoms. The van der Waals surface area contributed by atoms with Crippen LogP contribution in [0.15, 0.2) is 18.2 Å². The molecule has 0 fully saturated rings. The number of rotatable bonds is 5. The molecule has 104 valence electrons. The molecule has 4 heteroatoms. The molecule has 2 N–H and O–H groups in total. The highest BCUT2D eigenvalue weighted by atomic mass is 16.5. The molecule has 0 aliphatic carbocycles. The van der Waals surface area contributed by atoms with Crippen LogP contribution < -0.4 is 10.5 Å². The van der Waals surface area contributed by atoms with Gasteiger partial charge in [-0.25, -0.2) is 4.98 Å². The van der Waals surface area contributed by atoms with Crippen molar-refractivity contribution in [1.29, 1.82) is 0 Å². The molecule has 1 unspecified atom stereocenters. The van der Waals surface area contributed by atoms with Crippen molar-refractivity contribution in [2.45, 2.75) is 46.2 Å². The maximum atomic E-state index is 6.18. The molecule has 1 aromatic carbocycles. The second-order valence-electron chi connectivity index (χ2n) is 5.03. The lowest BCUT2D eigenvalue weighted by molar-refractivity contribution is 0.340. The van der Waals surface area contributed by atoms with Crippen molar-refractivity contribution in [1.82, 2.24) is 9.55 Å². The Morgan fingerprint density at radius 3 is 2.63 bits per heavy atom. The van der Waals surface area contributed by atoms with Gasteiger partial charge in [-0.15, -0.1) is 0 Å². The summed E-state index contributed by atoms with van der Waals surface area (Å²) in [6.07, 6.45) is 0.883. The summed E-state index contributed by atoms with van der Waals surface area (Å²) in [5, 5.41) is 0. The summed E-state index contributed by atoms with van der Waals surface area (Å²) in [5.74, 6) is 1.82. The van der Waals surface area contributed by atoms with Crippen LogP contribution in [0.1, 0.15) is 52.0 Å². The van der Waals surface area contributed by atoms with E-state index in [2.05, 4.69) is 31.4 Å². The molecule has 19 heavy (non-hydrogen) atoms. The van der Waals surface area contributed by atoms with Gasteiger partial charge in [0.1, 0.15) is 11.6 Å². The lowest BCUT2D eigenvalue weighted by Gasteiger charge is -2.16. The van der Waals surface area contributed by atoms with E-state index in [1.54, 1.807) is 0 Å². The maximum absolute atomic E-state index is 6.18. The number of nitrogens with zero attached hydrogens (tertiary/aromatic N) is 2. The third kappa shape index (κ3) is 2.59. The number of hydrogen-bond acceptors (Lipinski definition) is 3. The number of imidazole rings is 1. The van der Waals surface area contributed by atoms with Gasteiger partial charge in [0.05, 0.1) is 23.7 Å². The predicted octanol–water partition coefficient (Wildman–Crippen LogP) is 3.43. The van der Waals surface area contributed by atoms with Crippen LogP contribution in [-0.2, 0) is 0 Å². The van der Waals surface area contributed by atoms with Gasteiger partial charge in [0, 0.05) is 12.1 Å². The Bertz CT molecular complexity index is 560. The molecule has 4 nitrogen and oxygen atoms in total. The first-order valence-corrected chi connectivity index (χ1v) is 6.98. The van der Waals surface area contributed by atoms with Crippen LogP contribution in [0.3, 0.4) is 0 Å². The van der Waals surface area contributed by atoms with Crippen molar-refractivity contribution in [3.63, 3.8) is 0 Å². The first-order valence-electron chi connectivity index (χ1n) is 6.98. The van der Waals surface area contributed by atoms with Gasteiger partial charge in [-0.05, 0) is 39.3 Å². The highest BCUT2D eigenvalue weighted by molar-refractivity contribution is 5.78. The fraction of sp³-hybridized carbons (Fsp3) is 0.533. The zero-order valence-electron chi connectivity index (χ0n) is 12.2. The number of aromatic nitrogens is 2. The van der Waals surface area contributed by atoms with Crippen LogP contribution in [0.25, 0.3) is 11.0 Å². The van der Waals surface area contributed by atoms with Crippen molar-refractivity contribution in [2.24, 2.45) is 5.73 Å². The minimum Gasteiger partial charge on any atom is -0.494 e. The third-order valence-electron chi connectivity index (χ3n) is 3.29. The summed E-state index contributed by atoms with van der Waals surface area (Å²) in [7, 11) is 0. The topological polar surface area (TPSA) is 53.1 Å². The Labute approximate surface area is 114 Å². The van der Waals surface area contributed by atoms with E-state index >= 15 is 0 Å². The van der Waals surface area contributed by atoms with E-state index in [1.165, 1.54) is 0 Å². The number of nitrogens with two attached hydrogens (primary N) is 1. The van der Waals surface area contributed by atoms with E-state index in [4.69, 9.17) is 15.5 Å². The fourth-order valence-electron chi connectivity index (χ4n) is 2.34. The molecular weight excluding hydrogens is 238 g/mol. The molecule has 0 bridgehead atoms. The summed E-state index contributed by atoms with van der Waals surface area (Å²) in [6, 6.07) is 6.37. The smallest absolute Gasteiger partial charge is 0.127 e. The largest absolute Gasteiger partial charge is 0.494 e. The molecule has 0 saturated carbocycles. The van der Waals surface area contributed by atoms with Crippen molar-refractivity contribution in [3.05, 3.63) is 24.0 Å². The van der Waals surface area contributed by atoms with Crippen LogP contribution in [0, 0.1) is 0 Å². The average Bonchev–Trinajstić information content (AvgIpc) is 2.76. The lowest BCUT2D eigenvalue weighted by atomic mass is 10.2. The standard InChI is InChI=1S/C15H23N3O/c1-5-12(16)15-17-13-9-11(19-6-2)7-8-14(13)18(15)10(3)4/h7-10,12H,5-6,16H2,1-4H3.